The first-order valence-electron chi connectivity index (χ1n) is 5.39. The van der Waals surface area contributed by atoms with Gasteiger partial charge < -0.3 is 4.42 Å². The summed E-state index contributed by atoms with van der Waals surface area (Å²) in [6.07, 6.45) is 3.34. The molecule has 0 N–H and O–H groups in total. The fourth-order valence-corrected chi connectivity index (χ4v) is 2.01. The highest BCUT2D eigenvalue weighted by molar-refractivity contribution is 7.98. The van der Waals surface area contributed by atoms with E-state index in [9.17, 15) is 0 Å². The first kappa shape index (κ1) is 12.2. The van der Waals surface area contributed by atoms with Gasteiger partial charge in [0.15, 0.2) is 5.16 Å². The second-order valence-electron chi connectivity index (χ2n) is 4.82. The molecule has 0 aromatic carbocycles. The lowest BCUT2D eigenvalue weighted by molar-refractivity contribution is 0.390. The standard InChI is InChI=1S/C11H16N4OS/c1-11(2,3)8-5-12-9(16-8)6-17-10-13-7-14-15(10)4/h5,7H,6H2,1-4H3. The van der Waals surface area contributed by atoms with Gasteiger partial charge in [0, 0.05) is 12.5 Å². The Balaban J connectivity index is 2.01. The van der Waals surface area contributed by atoms with Crippen molar-refractivity contribution < 1.29 is 4.42 Å². The van der Waals surface area contributed by atoms with Gasteiger partial charge in [-0.3, -0.25) is 0 Å². The number of hydrogen-bond acceptors (Lipinski definition) is 5. The van der Waals surface area contributed by atoms with Gasteiger partial charge in [0.2, 0.25) is 5.89 Å². The third-order valence-electron chi connectivity index (χ3n) is 2.29. The number of rotatable bonds is 3. The van der Waals surface area contributed by atoms with Crippen LogP contribution in [0.3, 0.4) is 0 Å². The molecule has 2 heterocycles. The molecule has 0 spiro atoms. The van der Waals surface area contributed by atoms with E-state index in [-0.39, 0.29) is 5.41 Å². The van der Waals surface area contributed by atoms with Crippen molar-refractivity contribution in [3.8, 4) is 0 Å². The molecule has 0 aliphatic carbocycles. The van der Waals surface area contributed by atoms with Crippen molar-refractivity contribution in [3.63, 3.8) is 0 Å². The molecular formula is C11H16N4OS. The molecule has 0 radical (unpaired) electrons. The Bertz CT molecular complexity index is 498. The molecule has 0 saturated heterocycles. The van der Waals surface area contributed by atoms with Crippen molar-refractivity contribution in [2.45, 2.75) is 37.1 Å². The molecule has 0 aliphatic heterocycles. The van der Waals surface area contributed by atoms with Gasteiger partial charge in [-0.2, -0.15) is 5.10 Å². The molecule has 0 saturated carbocycles. The van der Waals surface area contributed by atoms with Crippen molar-refractivity contribution in [3.05, 3.63) is 24.2 Å². The molecule has 6 heteroatoms. The summed E-state index contributed by atoms with van der Waals surface area (Å²) in [6, 6.07) is 0. The second kappa shape index (κ2) is 4.52. The predicted octanol–water partition coefficient (Wildman–Crippen LogP) is 2.39. The van der Waals surface area contributed by atoms with Crippen molar-refractivity contribution >= 4 is 11.8 Å². The van der Waals surface area contributed by atoms with Crippen LogP contribution in [0.1, 0.15) is 32.4 Å². The van der Waals surface area contributed by atoms with E-state index >= 15 is 0 Å². The van der Waals surface area contributed by atoms with Crippen molar-refractivity contribution in [1.82, 2.24) is 19.7 Å². The molecule has 0 fully saturated rings. The van der Waals surface area contributed by atoms with Gasteiger partial charge in [-0.05, 0) is 0 Å². The molecule has 0 aliphatic rings. The third kappa shape index (κ3) is 2.88. The Morgan fingerprint density at radius 3 is 2.65 bits per heavy atom. The van der Waals surface area contributed by atoms with Gasteiger partial charge in [-0.1, -0.05) is 32.5 Å². The summed E-state index contributed by atoms with van der Waals surface area (Å²) in [5.41, 5.74) is 0.000690. The molecule has 5 nitrogen and oxygen atoms in total. The van der Waals surface area contributed by atoms with Crippen molar-refractivity contribution in [2.75, 3.05) is 0 Å². The van der Waals surface area contributed by atoms with E-state index in [1.807, 2.05) is 7.05 Å². The number of oxazole rings is 1. The molecule has 0 amide bonds. The molecule has 0 bridgehead atoms. The maximum Gasteiger partial charge on any atom is 0.204 e. The summed E-state index contributed by atoms with van der Waals surface area (Å²) in [6.45, 7) is 6.31. The maximum absolute atomic E-state index is 5.70. The zero-order chi connectivity index (χ0) is 12.5. The lowest BCUT2D eigenvalue weighted by Gasteiger charge is -2.12. The summed E-state index contributed by atoms with van der Waals surface area (Å²) in [5.74, 6) is 2.30. The van der Waals surface area contributed by atoms with Crippen LogP contribution in [0, 0.1) is 0 Å². The first-order chi connectivity index (χ1) is 7.97. The Morgan fingerprint density at radius 1 is 1.35 bits per heavy atom. The maximum atomic E-state index is 5.70. The molecule has 2 rings (SSSR count). The Kier molecular flexibility index (Phi) is 3.24. The van der Waals surface area contributed by atoms with Gasteiger partial charge in [0.1, 0.15) is 12.1 Å². The lowest BCUT2D eigenvalue weighted by Crippen LogP contribution is -2.09. The molecule has 0 unspecified atom stereocenters. The van der Waals surface area contributed by atoms with Crippen molar-refractivity contribution in [1.29, 1.82) is 0 Å². The highest BCUT2D eigenvalue weighted by Gasteiger charge is 2.19. The minimum atomic E-state index is 0.000690. The minimum Gasteiger partial charge on any atom is -0.444 e. The van der Waals surface area contributed by atoms with E-state index in [0.29, 0.717) is 5.75 Å². The Labute approximate surface area is 105 Å². The average Bonchev–Trinajstić information content (AvgIpc) is 2.82. The molecule has 2 aromatic rings. The fourth-order valence-electron chi connectivity index (χ4n) is 1.27. The number of hydrogen-bond donors (Lipinski definition) is 0. The van der Waals surface area contributed by atoms with Crippen LogP contribution in [-0.2, 0) is 18.2 Å². The van der Waals surface area contributed by atoms with Crippen molar-refractivity contribution in [2.24, 2.45) is 7.05 Å². The second-order valence-corrected chi connectivity index (χ2v) is 5.77. The number of aromatic nitrogens is 4. The highest BCUT2D eigenvalue weighted by Crippen LogP contribution is 2.25. The van der Waals surface area contributed by atoms with Gasteiger partial charge in [-0.25, -0.2) is 14.6 Å². The van der Waals surface area contributed by atoms with Gasteiger partial charge in [0.05, 0.1) is 11.9 Å². The van der Waals surface area contributed by atoms with E-state index in [1.165, 1.54) is 0 Å². The zero-order valence-electron chi connectivity index (χ0n) is 10.5. The topological polar surface area (TPSA) is 56.7 Å². The predicted molar refractivity (Wildman–Crippen MR) is 65.8 cm³/mol. The average molecular weight is 252 g/mol. The van der Waals surface area contributed by atoms with E-state index in [4.69, 9.17) is 4.42 Å². The largest absolute Gasteiger partial charge is 0.444 e. The Morgan fingerprint density at radius 2 is 2.12 bits per heavy atom. The van der Waals surface area contributed by atoms with Crippen LogP contribution in [0.15, 0.2) is 22.1 Å². The van der Waals surface area contributed by atoms with E-state index < -0.39 is 0 Å². The number of thioether (sulfide) groups is 1. The van der Waals surface area contributed by atoms with Crippen LogP contribution in [0.25, 0.3) is 0 Å². The summed E-state index contributed by atoms with van der Waals surface area (Å²) < 4.78 is 7.43. The summed E-state index contributed by atoms with van der Waals surface area (Å²) in [5, 5.41) is 4.87. The SMILES string of the molecule is Cn1ncnc1SCc1ncc(C(C)(C)C)o1. The van der Waals surface area contributed by atoms with Gasteiger partial charge in [0.25, 0.3) is 0 Å². The smallest absolute Gasteiger partial charge is 0.204 e. The van der Waals surface area contributed by atoms with Crippen LogP contribution in [0.2, 0.25) is 0 Å². The Hall–Kier alpha value is -1.30. The number of aryl methyl sites for hydroxylation is 1. The third-order valence-corrected chi connectivity index (χ3v) is 3.31. The summed E-state index contributed by atoms with van der Waals surface area (Å²) >= 11 is 1.56. The molecule has 0 atom stereocenters. The van der Waals surface area contributed by atoms with Crippen LogP contribution in [-0.4, -0.2) is 19.7 Å². The summed E-state index contributed by atoms with van der Waals surface area (Å²) in [7, 11) is 1.87. The fraction of sp³-hybridized carbons (Fsp3) is 0.545. The highest BCUT2D eigenvalue weighted by atomic mass is 32.2. The van der Waals surface area contributed by atoms with Crippen LogP contribution < -0.4 is 0 Å². The molecule has 2 aromatic heterocycles. The normalized spacial score (nSPS) is 12.0. The van der Waals surface area contributed by atoms with Gasteiger partial charge in [-0.15, -0.1) is 0 Å². The molecule has 17 heavy (non-hydrogen) atoms. The quantitative estimate of drug-likeness (QED) is 0.785. The van der Waals surface area contributed by atoms with E-state index in [2.05, 4.69) is 35.8 Å². The van der Waals surface area contributed by atoms with E-state index in [0.717, 1.165) is 16.8 Å². The zero-order valence-corrected chi connectivity index (χ0v) is 11.3. The van der Waals surface area contributed by atoms with Crippen LogP contribution in [0.5, 0.6) is 0 Å². The molecular weight excluding hydrogens is 236 g/mol. The first-order valence-corrected chi connectivity index (χ1v) is 6.37. The monoisotopic (exact) mass is 252 g/mol. The van der Waals surface area contributed by atoms with Crippen LogP contribution in [0.4, 0.5) is 0 Å². The van der Waals surface area contributed by atoms with E-state index in [1.54, 1.807) is 29.0 Å². The minimum absolute atomic E-state index is 0.000690. The lowest BCUT2D eigenvalue weighted by atomic mass is 9.94. The van der Waals surface area contributed by atoms with Crippen LogP contribution >= 0.6 is 11.8 Å². The molecule has 92 valence electrons. The van der Waals surface area contributed by atoms with Gasteiger partial charge >= 0.3 is 0 Å². The summed E-state index contributed by atoms with van der Waals surface area (Å²) in [4.78, 5) is 8.40. The number of nitrogens with zero attached hydrogens (tertiary/aromatic N) is 4.